The van der Waals surface area contributed by atoms with Crippen molar-refractivity contribution in [1.82, 2.24) is 0 Å². The molecule has 0 fully saturated rings. The Balaban J connectivity index is 2.15. The van der Waals surface area contributed by atoms with E-state index in [0.717, 1.165) is 5.69 Å². The van der Waals surface area contributed by atoms with Gasteiger partial charge in [0, 0.05) is 12.2 Å². The number of nitro groups is 1. The number of nitrogens with zero attached hydrogens (tertiary/aromatic N) is 3. The SMILES string of the molecule is N#CCCN(Cc1ccc([N+](=O)[O-])o1)c1ccccc1. The smallest absolute Gasteiger partial charge is 0.404 e. The molecule has 1 aromatic heterocycles. The van der Waals surface area contributed by atoms with E-state index in [1.165, 1.54) is 6.07 Å². The number of para-hydroxylation sites is 1. The predicted molar refractivity (Wildman–Crippen MR) is 73.1 cm³/mol. The molecule has 0 aliphatic rings. The van der Waals surface area contributed by atoms with Gasteiger partial charge in [0.05, 0.1) is 25.1 Å². The van der Waals surface area contributed by atoms with Crippen LogP contribution in [-0.2, 0) is 6.54 Å². The van der Waals surface area contributed by atoms with E-state index in [4.69, 9.17) is 9.68 Å². The monoisotopic (exact) mass is 271 g/mol. The van der Waals surface area contributed by atoms with Crippen LogP contribution in [0.25, 0.3) is 0 Å². The summed E-state index contributed by atoms with van der Waals surface area (Å²) in [5.41, 5.74) is 0.946. The largest absolute Gasteiger partial charge is 0.433 e. The first-order valence-corrected chi connectivity index (χ1v) is 6.11. The fraction of sp³-hybridized carbons (Fsp3) is 0.214. The maximum Gasteiger partial charge on any atom is 0.433 e. The molecule has 0 unspecified atom stereocenters. The first kappa shape index (κ1) is 13.6. The van der Waals surface area contributed by atoms with E-state index in [0.29, 0.717) is 25.3 Å². The van der Waals surface area contributed by atoms with Gasteiger partial charge in [-0.05, 0) is 18.2 Å². The van der Waals surface area contributed by atoms with Crippen LogP contribution in [0, 0.1) is 21.4 Å². The van der Waals surface area contributed by atoms with Crippen molar-refractivity contribution in [3.8, 4) is 6.07 Å². The minimum Gasteiger partial charge on any atom is -0.404 e. The van der Waals surface area contributed by atoms with Crippen LogP contribution in [-0.4, -0.2) is 11.5 Å². The lowest BCUT2D eigenvalue weighted by atomic mass is 10.2. The molecule has 6 heteroatoms. The molecule has 0 spiro atoms. The van der Waals surface area contributed by atoms with Crippen LogP contribution in [0.15, 0.2) is 46.9 Å². The van der Waals surface area contributed by atoms with Gasteiger partial charge in [0.15, 0.2) is 0 Å². The summed E-state index contributed by atoms with van der Waals surface area (Å²) in [6, 6.07) is 14.6. The van der Waals surface area contributed by atoms with Crippen LogP contribution in [0.1, 0.15) is 12.2 Å². The van der Waals surface area contributed by atoms with Crippen LogP contribution in [0.3, 0.4) is 0 Å². The van der Waals surface area contributed by atoms with Gasteiger partial charge in [-0.3, -0.25) is 10.1 Å². The Morgan fingerprint density at radius 3 is 2.60 bits per heavy atom. The van der Waals surface area contributed by atoms with E-state index in [9.17, 15) is 10.1 Å². The summed E-state index contributed by atoms with van der Waals surface area (Å²) in [6.45, 7) is 0.925. The number of hydrogen-bond donors (Lipinski definition) is 0. The highest BCUT2D eigenvalue weighted by atomic mass is 16.6. The maximum atomic E-state index is 10.6. The third kappa shape index (κ3) is 3.36. The molecule has 6 nitrogen and oxygen atoms in total. The van der Waals surface area contributed by atoms with Gasteiger partial charge in [-0.25, -0.2) is 0 Å². The molecule has 2 rings (SSSR count). The highest BCUT2D eigenvalue weighted by Gasteiger charge is 2.14. The molecule has 1 heterocycles. The summed E-state index contributed by atoms with van der Waals surface area (Å²) >= 11 is 0. The van der Waals surface area contributed by atoms with Crippen molar-refractivity contribution in [1.29, 1.82) is 5.26 Å². The van der Waals surface area contributed by atoms with Gasteiger partial charge in [-0.2, -0.15) is 5.26 Å². The zero-order chi connectivity index (χ0) is 14.4. The van der Waals surface area contributed by atoms with Gasteiger partial charge in [0.2, 0.25) is 0 Å². The van der Waals surface area contributed by atoms with Crippen molar-refractivity contribution in [2.45, 2.75) is 13.0 Å². The van der Waals surface area contributed by atoms with Gasteiger partial charge < -0.3 is 9.32 Å². The van der Waals surface area contributed by atoms with E-state index in [1.807, 2.05) is 35.2 Å². The summed E-state index contributed by atoms with van der Waals surface area (Å²) < 4.78 is 5.15. The van der Waals surface area contributed by atoms with E-state index in [2.05, 4.69) is 6.07 Å². The molecule has 0 amide bonds. The second-order valence-corrected chi connectivity index (χ2v) is 4.16. The maximum absolute atomic E-state index is 10.6. The van der Waals surface area contributed by atoms with Crippen LogP contribution in [0.5, 0.6) is 0 Å². The summed E-state index contributed by atoms with van der Waals surface area (Å²) in [7, 11) is 0. The molecule has 0 saturated carbocycles. The Morgan fingerprint density at radius 1 is 1.25 bits per heavy atom. The van der Waals surface area contributed by atoms with E-state index >= 15 is 0 Å². The molecule has 20 heavy (non-hydrogen) atoms. The molecule has 1 aromatic carbocycles. The molecule has 0 atom stereocenters. The molecule has 102 valence electrons. The predicted octanol–water partition coefficient (Wildman–Crippen LogP) is 3.11. The van der Waals surface area contributed by atoms with Crippen molar-refractivity contribution in [3.63, 3.8) is 0 Å². The Kier molecular flexibility index (Phi) is 4.35. The molecule has 0 bridgehead atoms. The van der Waals surface area contributed by atoms with Gasteiger partial charge in [-0.1, -0.05) is 18.2 Å². The Labute approximate surface area is 116 Å². The third-order valence-corrected chi connectivity index (χ3v) is 2.79. The number of furan rings is 1. The van der Waals surface area contributed by atoms with Crippen molar-refractivity contribution in [2.24, 2.45) is 0 Å². The molecule has 0 N–H and O–H groups in total. The number of rotatable bonds is 6. The lowest BCUT2D eigenvalue weighted by molar-refractivity contribution is -0.402. The number of anilines is 1. The fourth-order valence-electron chi connectivity index (χ4n) is 1.86. The van der Waals surface area contributed by atoms with Crippen molar-refractivity contribution in [3.05, 3.63) is 58.3 Å². The summed E-state index contributed by atoms with van der Waals surface area (Å²) in [4.78, 5) is 12.0. The Hall–Kier alpha value is -2.81. The Morgan fingerprint density at radius 2 is 2.00 bits per heavy atom. The average Bonchev–Trinajstić information content (AvgIpc) is 2.93. The van der Waals surface area contributed by atoms with Crippen LogP contribution in [0.4, 0.5) is 11.6 Å². The normalized spacial score (nSPS) is 9.95. The Bertz CT molecular complexity index is 616. The van der Waals surface area contributed by atoms with Crippen LogP contribution >= 0.6 is 0 Å². The lowest BCUT2D eigenvalue weighted by Crippen LogP contribution is -2.23. The number of hydrogen-bond acceptors (Lipinski definition) is 5. The number of nitriles is 1. The first-order chi connectivity index (χ1) is 9.70. The van der Waals surface area contributed by atoms with E-state index in [1.54, 1.807) is 6.07 Å². The molecule has 0 radical (unpaired) electrons. The zero-order valence-corrected chi connectivity index (χ0v) is 10.7. The van der Waals surface area contributed by atoms with E-state index in [-0.39, 0.29) is 5.88 Å². The standard InChI is InChI=1S/C14H13N3O3/c15-9-4-10-16(12-5-2-1-3-6-12)11-13-7-8-14(20-13)17(18)19/h1-3,5-8H,4,10-11H2. The summed E-state index contributed by atoms with van der Waals surface area (Å²) in [5, 5.41) is 19.3. The molecule has 0 saturated heterocycles. The lowest BCUT2D eigenvalue weighted by Gasteiger charge is -2.22. The topological polar surface area (TPSA) is 83.3 Å². The quantitative estimate of drug-likeness (QED) is 0.595. The summed E-state index contributed by atoms with van der Waals surface area (Å²) in [6.07, 6.45) is 0.373. The molecule has 2 aromatic rings. The fourth-order valence-corrected chi connectivity index (χ4v) is 1.86. The number of benzene rings is 1. The zero-order valence-electron chi connectivity index (χ0n) is 10.7. The second kappa shape index (κ2) is 6.38. The molecule has 0 aliphatic carbocycles. The molecular weight excluding hydrogens is 258 g/mol. The minimum atomic E-state index is -0.564. The molecular formula is C14H13N3O3. The van der Waals surface area contributed by atoms with Crippen molar-refractivity contribution < 1.29 is 9.34 Å². The van der Waals surface area contributed by atoms with E-state index < -0.39 is 4.92 Å². The molecule has 0 aliphatic heterocycles. The minimum absolute atomic E-state index is 0.270. The highest BCUT2D eigenvalue weighted by Crippen LogP contribution is 2.21. The highest BCUT2D eigenvalue weighted by molar-refractivity contribution is 5.46. The van der Waals surface area contributed by atoms with Gasteiger partial charge in [-0.15, -0.1) is 0 Å². The van der Waals surface area contributed by atoms with Gasteiger partial charge >= 0.3 is 5.88 Å². The van der Waals surface area contributed by atoms with Gasteiger partial charge in [0.25, 0.3) is 0 Å². The first-order valence-electron chi connectivity index (χ1n) is 6.11. The van der Waals surface area contributed by atoms with Crippen LogP contribution in [0.2, 0.25) is 0 Å². The third-order valence-electron chi connectivity index (χ3n) is 2.79. The van der Waals surface area contributed by atoms with Crippen molar-refractivity contribution >= 4 is 11.6 Å². The summed E-state index contributed by atoms with van der Waals surface area (Å²) in [5.74, 6) is 0.229. The average molecular weight is 271 g/mol. The second-order valence-electron chi connectivity index (χ2n) is 4.16. The van der Waals surface area contributed by atoms with Crippen LogP contribution < -0.4 is 4.90 Å². The van der Waals surface area contributed by atoms with Crippen molar-refractivity contribution in [2.75, 3.05) is 11.4 Å². The van der Waals surface area contributed by atoms with Gasteiger partial charge in [0.1, 0.15) is 10.7 Å².